The SMILES string of the molecule is c1ccc(-c2ccc(N(c3ccc(-c4ccccc4)cc3)c3ccc4c(c3)c3cc(-n5c6ccc7c8ccccc8sc7c6c6c7sc8ccccc8c7ccc65)ccc3n4-c3ccccc3)cc2)cc1. The highest BCUT2D eigenvalue weighted by Gasteiger charge is 2.23. The van der Waals surface area contributed by atoms with Crippen molar-refractivity contribution >= 4 is 124 Å². The third-order valence-corrected chi connectivity index (χ3v) is 16.9. The van der Waals surface area contributed by atoms with E-state index in [0.717, 1.165) is 39.5 Å². The van der Waals surface area contributed by atoms with Crippen LogP contribution in [0.3, 0.4) is 0 Å². The molecular weight excluding hydrogens is 899 g/mol. The average Bonchev–Trinajstić information content (AvgIpc) is 4.20. The minimum atomic E-state index is 1.09. The molecule has 0 aliphatic heterocycles. The third-order valence-electron chi connectivity index (χ3n) is 14.5. The van der Waals surface area contributed by atoms with E-state index >= 15 is 0 Å². The summed E-state index contributed by atoms with van der Waals surface area (Å²) in [4.78, 5) is 2.40. The van der Waals surface area contributed by atoms with Crippen LogP contribution in [0.4, 0.5) is 17.1 Å². The second-order valence-electron chi connectivity index (χ2n) is 18.4. The maximum atomic E-state index is 2.53. The number of thiophene rings is 2. The summed E-state index contributed by atoms with van der Waals surface area (Å²) < 4.78 is 10.3. The first kappa shape index (κ1) is 40.2. The van der Waals surface area contributed by atoms with Gasteiger partial charge in [0.1, 0.15) is 0 Å². The Morgan fingerprint density at radius 1 is 0.268 bits per heavy atom. The second kappa shape index (κ2) is 15.9. The number of fused-ring (bicyclic) bond motifs is 14. The molecule has 0 radical (unpaired) electrons. The van der Waals surface area contributed by atoms with Crippen LogP contribution >= 0.6 is 22.7 Å². The van der Waals surface area contributed by atoms with Crippen LogP contribution in [0, 0.1) is 0 Å². The van der Waals surface area contributed by atoms with E-state index in [1.54, 1.807) is 0 Å². The highest BCUT2D eigenvalue weighted by Crippen LogP contribution is 2.49. The third kappa shape index (κ3) is 6.27. The molecule has 0 N–H and O–H groups in total. The molecule has 0 saturated carbocycles. The smallest absolute Gasteiger partial charge is 0.0556 e. The lowest BCUT2D eigenvalue weighted by Gasteiger charge is -2.26. The Morgan fingerprint density at radius 3 is 1.21 bits per heavy atom. The summed E-state index contributed by atoms with van der Waals surface area (Å²) >= 11 is 3.84. The first-order valence-electron chi connectivity index (χ1n) is 24.2. The average molecular weight is 940 g/mol. The van der Waals surface area contributed by atoms with E-state index in [1.807, 2.05) is 22.7 Å². The molecule has 0 bridgehead atoms. The van der Waals surface area contributed by atoms with Gasteiger partial charge in [0.2, 0.25) is 0 Å². The van der Waals surface area contributed by atoms with Gasteiger partial charge < -0.3 is 14.0 Å². The predicted octanol–water partition coefficient (Wildman–Crippen LogP) is 19.4. The van der Waals surface area contributed by atoms with E-state index in [4.69, 9.17) is 0 Å². The molecule has 0 fully saturated rings. The Balaban J connectivity index is 0.977. The van der Waals surface area contributed by atoms with E-state index in [1.165, 1.54) is 95.2 Å². The molecule has 15 aromatic rings. The van der Waals surface area contributed by atoms with Gasteiger partial charge in [0, 0.05) is 90.3 Å². The molecule has 0 aliphatic rings. The topological polar surface area (TPSA) is 13.1 Å². The zero-order valence-corrected chi connectivity index (χ0v) is 40.0. The first-order valence-corrected chi connectivity index (χ1v) is 25.8. The van der Waals surface area contributed by atoms with Crippen molar-refractivity contribution < 1.29 is 0 Å². The summed E-state index contributed by atoms with van der Waals surface area (Å²) in [5.41, 5.74) is 15.1. The van der Waals surface area contributed by atoms with Crippen molar-refractivity contribution in [3.05, 3.63) is 249 Å². The molecule has 15 rings (SSSR count). The Kier molecular flexibility index (Phi) is 9.00. The van der Waals surface area contributed by atoms with Gasteiger partial charge in [-0.25, -0.2) is 0 Å². The Morgan fingerprint density at radius 2 is 0.676 bits per heavy atom. The molecule has 0 spiro atoms. The van der Waals surface area contributed by atoms with Crippen LogP contribution in [-0.2, 0) is 0 Å². The number of hydrogen-bond donors (Lipinski definition) is 0. The maximum absolute atomic E-state index is 2.53. The number of benzene rings is 11. The molecule has 3 nitrogen and oxygen atoms in total. The zero-order valence-electron chi connectivity index (χ0n) is 38.3. The van der Waals surface area contributed by atoms with Crippen molar-refractivity contribution in [2.75, 3.05) is 4.90 Å². The Hall–Kier alpha value is -8.74. The van der Waals surface area contributed by atoms with Gasteiger partial charge in [0.15, 0.2) is 0 Å². The monoisotopic (exact) mass is 939 g/mol. The molecule has 4 heterocycles. The lowest BCUT2D eigenvalue weighted by atomic mass is 10.0. The maximum Gasteiger partial charge on any atom is 0.0556 e. The van der Waals surface area contributed by atoms with Crippen molar-refractivity contribution in [3.63, 3.8) is 0 Å². The molecule has 4 aromatic heterocycles. The molecule has 5 heteroatoms. The van der Waals surface area contributed by atoms with E-state index < -0.39 is 0 Å². The van der Waals surface area contributed by atoms with Crippen LogP contribution < -0.4 is 4.90 Å². The van der Waals surface area contributed by atoms with Gasteiger partial charge in [-0.05, 0) is 119 Å². The summed E-state index contributed by atoms with van der Waals surface area (Å²) in [6, 6.07) is 91.4. The summed E-state index contributed by atoms with van der Waals surface area (Å²) in [5, 5.41) is 10.3. The molecule has 0 aliphatic carbocycles. The summed E-state index contributed by atoms with van der Waals surface area (Å²) in [6.07, 6.45) is 0. The number of para-hydroxylation sites is 1. The standard InChI is InChI=1S/C66H41N3S2/c1-4-14-42(15-5-1)44-24-28-47(29-25-44)67(48-30-26-45(27-31-48)43-16-6-2-7-17-43)49-32-36-57-55(40-49)56-41-50(33-37-58(56)68(57)46-18-8-3-9-19-46)69-59-38-34-53-51-20-10-12-22-61(51)70-65(53)63(59)64-60(69)39-35-54-52-21-11-13-23-62(52)71-66(54)64/h1-41H. The minimum absolute atomic E-state index is 1.09. The van der Waals surface area contributed by atoms with E-state index in [9.17, 15) is 0 Å². The highest BCUT2D eigenvalue weighted by molar-refractivity contribution is 7.28. The second-order valence-corrected chi connectivity index (χ2v) is 20.5. The number of anilines is 3. The van der Waals surface area contributed by atoms with Crippen molar-refractivity contribution in [2.45, 2.75) is 0 Å². The molecule has 0 atom stereocenters. The number of nitrogens with zero attached hydrogens (tertiary/aromatic N) is 3. The van der Waals surface area contributed by atoms with Crippen molar-refractivity contribution in [2.24, 2.45) is 0 Å². The Bertz CT molecular complexity index is 4330. The van der Waals surface area contributed by atoms with Gasteiger partial charge in [0.05, 0.1) is 22.1 Å². The van der Waals surface area contributed by atoms with Gasteiger partial charge in [-0.15, -0.1) is 22.7 Å². The van der Waals surface area contributed by atoms with Crippen molar-refractivity contribution in [1.82, 2.24) is 9.13 Å². The zero-order chi connectivity index (χ0) is 46.6. The fourth-order valence-corrected chi connectivity index (χ4v) is 13.8. The molecule has 71 heavy (non-hydrogen) atoms. The lowest BCUT2D eigenvalue weighted by molar-refractivity contribution is 1.17. The van der Waals surface area contributed by atoms with Crippen molar-refractivity contribution in [3.8, 4) is 33.6 Å². The van der Waals surface area contributed by atoms with E-state index in [-0.39, 0.29) is 0 Å². The minimum Gasteiger partial charge on any atom is -0.310 e. The van der Waals surface area contributed by atoms with Gasteiger partial charge in [-0.1, -0.05) is 152 Å². The van der Waals surface area contributed by atoms with Crippen LogP contribution in [0.15, 0.2) is 249 Å². The number of rotatable bonds is 7. The summed E-state index contributed by atoms with van der Waals surface area (Å²) in [6.45, 7) is 0. The van der Waals surface area contributed by atoms with Gasteiger partial charge in [-0.2, -0.15) is 0 Å². The summed E-state index contributed by atoms with van der Waals surface area (Å²) in [7, 11) is 0. The fourth-order valence-electron chi connectivity index (χ4n) is 11.3. The van der Waals surface area contributed by atoms with E-state index in [2.05, 4.69) is 263 Å². The van der Waals surface area contributed by atoms with Crippen LogP contribution in [0.2, 0.25) is 0 Å². The molecular formula is C66H41N3S2. The molecule has 0 saturated heterocycles. The van der Waals surface area contributed by atoms with Crippen molar-refractivity contribution in [1.29, 1.82) is 0 Å². The highest BCUT2D eigenvalue weighted by atomic mass is 32.1. The fraction of sp³-hybridized carbons (Fsp3) is 0. The lowest BCUT2D eigenvalue weighted by Crippen LogP contribution is -2.10. The normalized spacial score (nSPS) is 11.9. The molecule has 0 unspecified atom stereocenters. The van der Waals surface area contributed by atoms with Crippen LogP contribution in [0.1, 0.15) is 0 Å². The van der Waals surface area contributed by atoms with E-state index in [0.29, 0.717) is 0 Å². The van der Waals surface area contributed by atoms with Crippen LogP contribution in [0.5, 0.6) is 0 Å². The first-order chi connectivity index (χ1) is 35.2. The largest absolute Gasteiger partial charge is 0.310 e. The summed E-state index contributed by atoms with van der Waals surface area (Å²) in [5.74, 6) is 0. The predicted molar refractivity (Wildman–Crippen MR) is 306 cm³/mol. The van der Waals surface area contributed by atoms with Gasteiger partial charge in [0.25, 0.3) is 0 Å². The van der Waals surface area contributed by atoms with Crippen LogP contribution in [-0.4, -0.2) is 9.13 Å². The molecule has 0 amide bonds. The molecule has 332 valence electrons. The van der Waals surface area contributed by atoms with Gasteiger partial charge >= 0.3 is 0 Å². The van der Waals surface area contributed by atoms with Gasteiger partial charge in [-0.3, -0.25) is 0 Å². The molecule has 11 aromatic carbocycles. The quantitative estimate of drug-likeness (QED) is 0.155. The number of hydrogen-bond acceptors (Lipinski definition) is 3. The Labute approximate surface area is 417 Å². The van der Waals surface area contributed by atoms with Crippen LogP contribution in [0.25, 0.3) is 118 Å². The number of aromatic nitrogens is 2.